The van der Waals surface area contributed by atoms with Gasteiger partial charge >= 0.3 is 0 Å². The molecule has 2 N–H and O–H groups in total. The van der Waals surface area contributed by atoms with Gasteiger partial charge in [-0.15, -0.1) is 11.3 Å². The third kappa shape index (κ3) is 2.71. The molecule has 0 aromatic carbocycles. The Bertz CT molecular complexity index is 647. The molecular weight excluding hydrogens is 282 g/mol. The normalized spacial score (nSPS) is 19.0. The summed E-state index contributed by atoms with van der Waals surface area (Å²) >= 11 is 1.59. The Balaban J connectivity index is 1.84. The summed E-state index contributed by atoms with van der Waals surface area (Å²) in [6.07, 6.45) is 4.73. The van der Waals surface area contributed by atoms with Gasteiger partial charge in [-0.1, -0.05) is 19.0 Å². The van der Waals surface area contributed by atoms with E-state index in [1.54, 1.807) is 11.3 Å². The molecule has 0 saturated heterocycles. The van der Waals surface area contributed by atoms with Crippen molar-refractivity contribution in [1.82, 2.24) is 10.1 Å². The standard InChI is InChI=1S/C16H23N3OS/c1-9-10(2)21-13(17)12(9)15-18-14(19-20-15)11-5-7-16(3,4)8-6-11/h11H,5-8,17H2,1-4H3. The lowest BCUT2D eigenvalue weighted by Gasteiger charge is -2.32. The summed E-state index contributed by atoms with van der Waals surface area (Å²) in [4.78, 5) is 5.85. The molecule has 2 heterocycles. The van der Waals surface area contributed by atoms with Gasteiger partial charge in [0.05, 0.1) is 10.6 Å². The molecule has 0 unspecified atom stereocenters. The monoisotopic (exact) mass is 305 g/mol. The minimum Gasteiger partial charge on any atom is -0.390 e. The number of nitrogens with zero attached hydrogens (tertiary/aromatic N) is 2. The molecule has 0 spiro atoms. The summed E-state index contributed by atoms with van der Waals surface area (Å²) in [6.45, 7) is 8.80. The van der Waals surface area contributed by atoms with Crippen LogP contribution in [0.3, 0.4) is 0 Å². The molecule has 21 heavy (non-hydrogen) atoms. The van der Waals surface area contributed by atoms with Crippen molar-refractivity contribution in [3.63, 3.8) is 0 Å². The van der Waals surface area contributed by atoms with E-state index in [-0.39, 0.29) is 0 Å². The highest BCUT2D eigenvalue weighted by atomic mass is 32.1. The van der Waals surface area contributed by atoms with Crippen LogP contribution in [0.1, 0.15) is 61.7 Å². The molecule has 2 aromatic rings. The predicted octanol–water partition coefficient (Wildman–Crippen LogP) is 4.68. The number of nitrogen functional groups attached to an aromatic ring is 1. The van der Waals surface area contributed by atoms with Gasteiger partial charge in [0.15, 0.2) is 5.82 Å². The Morgan fingerprint density at radius 2 is 1.90 bits per heavy atom. The average molecular weight is 305 g/mol. The number of aryl methyl sites for hydroxylation is 1. The molecule has 5 heteroatoms. The Kier molecular flexibility index (Phi) is 3.56. The van der Waals surface area contributed by atoms with Gasteiger partial charge in [0.1, 0.15) is 0 Å². The highest BCUT2D eigenvalue weighted by Crippen LogP contribution is 2.43. The third-order valence-corrected chi connectivity index (χ3v) is 5.81. The van der Waals surface area contributed by atoms with Gasteiger partial charge in [0.2, 0.25) is 0 Å². The van der Waals surface area contributed by atoms with E-state index in [0.29, 0.717) is 17.2 Å². The lowest BCUT2D eigenvalue weighted by molar-refractivity contribution is 0.218. The molecule has 0 bridgehead atoms. The maximum atomic E-state index is 6.09. The van der Waals surface area contributed by atoms with Crippen LogP contribution in [0.25, 0.3) is 11.5 Å². The van der Waals surface area contributed by atoms with E-state index < -0.39 is 0 Å². The van der Waals surface area contributed by atoms with Gasteiger partial charge in [0, 0.05) is 10.8 Å². The number of thiophene rings is 1. The summed E-state index contributed by atoms with van der Waals surface area (Å²) in [5, 5.41) is 4.99. The van der Waals surface area contributed by atoms with E-state index in [1.807, 2.05) is 0 Å². The number of hydrogen-bond donors (Lipinski definition) is 1. The molecule has 4 nitrogen and oxygen atoms in total. The lowest BCUT2D eigenvalue weighted by Crippen LogP contribution is -2.20. The van der Waals surface area contributed by atoms with Crippen molar-refractivity contribution in [2.24, 2.45) is 5.41 Å². The SMILES string of the molecule is Cc1sc(N)c(-c2nc(C3CCC(C)(C)CC3)no2)c1C. The lowest BCUT2D eigenvalue weighted by atomic mass is 9.73. The van der Waals surface area contributed by atoms with E-state index in [4.69, 9.17) is 10.3 Å². The van der Waals surface area contributed by atoms with Gasteiger partial charge in [-0.3, -0.25) is 0 Å². The molecule has 0 aliphatic heterocycles. The Labute approximate surface area is 129 Å². The van der Waals surface area contributed by atoms with Gasteiger partial charge in [-0.25, -0.2) is 0 Å². The largest absolute Gasteiger partial charge is 0.390 e. The van der Waals surface area contributed by atoms with Crippen LogP contribution in [0.2, 0.25) is 0 Å². The molecule has 2 aromatic heterocycles. The molecule has 1 fully saturated rings. The molecule has 114 valence electrons. The van der Waals surface area contributed by atoms with Crippen LogP contribution in [0, 0.1) is 19.3 Å². The van der Waals surface area contributed by atoms with Crippen molar-refractivity contribution in [3.8, 4) is 11.5 Å². The zero-order valence-corrected chi connectivity index (χ0v) is 14.0. The molecule has 1 aliphatic carbocycles. The Hall–Kier alpha value is -1.36. The Morgan fingerprint density at radius 1 is 1.24 bits per heavy atom. The van der Waals surface area contributed by atoms with Gasteiger partial charge < -0.3 is 10.3 Å². The molecule has 1 saturated carbocycles. The van der Waals surface area contributed by atoms with Crippen molar-refractivity contribution in [3.05, 3.63) is 16.3 Å². The molecule has 3 rings (SSSR count). The van der Waals surface area contributed by atoms with Crippen LogP contribution in [0.4, 0.5) is 5.00 Å². The van der Waals surface area contributed by atoms with Crippen molar-refractivity contribution in [2.45, 2.75) is 59.3 Å². The predicted molar refractivity (Wildman–Crippen MR) is 86.5 cm³/mol. The van der Waals surface area contributed by atoms with E-state index in [2.05, 4.69) is 37.8 Å². The van der Waals surface area contributed by atoms with Crippen molar-refractivity contribution >= 4 is 16.3 Å². The van der Waals surface area contributed by atoms with Gasteiger partial charge in [-0.05, 0) is 50.5 Å². The molecule has 0 atom stereocenters. The smallest absolute Gasteiger partial charge is 0.261 e. The molecule has 0 radical (unpaired) electrons. The van der Waals surface area contributed by atoms with Crippen LogP contribution in [0.15, 0.2) is 4.52 Å². The molecular formula is C16H23N3OS. The minimum absolute atomic E-state index is 0.428. The second-order valence-electron chi connectivity index (χ2n) is 6.92. The maximum absolute atomic E-state index is 6.09. The van der Waals surface area contributed by atoms with Crippen molar-refractivity contribution in [1.29, 1.82) is 0 Å². The summed E-state index contributed by atoms with van der Waals surface area (Å²) in [7, 11) is 0. The number of rotatable bonds is 2. The van der Waals surface area contributed by atoms with Gasteiger partial charge in [0.25, 0.3) is 5.89 Å². The second kappa shape index (κ2) is 5.13. The van der Waals surface area contributed by atoms with Crippen molar-refractivity contribution in [2.75, 3.05) is 5.73 Å². The van der Waals surface area contributed by atoms with E-state index in [1.165, 1.54) is 17.7 Å². The van der Waals surface area contributed by atoms with E-state index in [9.17, 15) is 0 Å². The van der Waals surface area contributed by atoms with Crippen LogP contribution in [-0.2, 0) is 0 Å². The number of nitrogens with two attached hydrogens (primary N) is 1. The fourth-order valence-corrected chi connectivity index (χ4v) is 4.01. The molecule has 1 aliphatic rings. The highest BCUT2D eigenvalue weighted by molar-refractivity contribution is 7.16. The fourth-order valence-electron chi connectivity index (χ4n) is 3.08. The first-order valence-corrected chi connectivity index (χ1v) is 8.38. The van der Waals surface area contributed by atoms with Crippen molar-refractivity contribution < 1.29 is 4.52 Å². The third-order valence-electron chi connectivity index (χ3n) is 4.77. The first-order chi connectivity index (χ1) is 9.87. The maximum Gasteiger partial charge on any atom is 0.261 e. The summed E-state index contributed by atoms with van der Waals surface area (Å²) in [5.41, 5.74) is 8.62. The van der Waals surface area contributed by atoms with E-state index >= 15 is 0 Å². The quantitative estimate of drug-likeness (QED) is 0.874. The van der Waals surface area contributed by atoms with E-state index in [0.717, 1.165) is 34.8 Å². The minimum atomic E-state index is 0.428. The number of anilines is 1. The number of hydrogen-bond acceptors (Lipinski definition) is 5. The average Bonchev–Trinajstić information content (AvgIpc) is 2.96. The second-order valence-corrected chi connectivity index (χ2v) is 8.18. The summed E-state index contributed by atoms with van der Waals surface area (Å²) in [5.74, 6) is 1.86. The molecule has 0 amide bonds. The first kappa shape index (κ1) is 14.6. The summed E-state index contributed by atoms with van der Waals surface area (Å²) < 4.78 is 5.50. The van der Waals surface area contributed by atoms with Gasteiger partial charge in [-0.2, -0.15) is 4.98 Å². The first-order valence-electron chi connectivity index (χ1n) is 7.57. The zero-order valence-electron chi connectivity index (χ0n) is 13.2. The topological polar surface area (TPSA) is 64.9 Å². The van der Waals surface area contributed by atoms with Crippen LogP contribution in [0.5, 0.6) is 0 Å². The highest BCUT2D eigenvalue weighted by Gasteiger charge is 2.30. The summed E-state index contributed by atoms with van der Waals surface area (Å²) in [6, 6.07) is 0. The number of aromatic nitrogens is 2. The van der Waals surface area contributed by atoms with Crippen LogP contribution < -0.4 is 5.73 Å². The fraction of sp³-hybridized carbons (Fsp3) is 0.625. The zero-order chi connectivity index (χ0) is 15.2. The van der Waals surface area contributed by atoms with Crippen LogP contribution in [-0.4, -0.2) is 10.1 Å². The Morgan fingerprint density at radius 3 is 2.48 bits per heavy atom. The van der Waals surface area contributed by atoms with Crippen LogP contribution >= 0.6 is 11.3 Å².